The average Bonchev–Trinajstić information content (AvgIpc) is 3.14. The molecule has 1 saturated heterocycles. The van der Waals surface area contributed by atoms with Gasteiger partial charge >= 0.3 is 0 Å². The monoisotopic (exact) mass is 512 g/mol. The molecule has 0 spiro atoms. The zero-order chi connectivity index (χ0) is 27.1. The number of rotatable bonds is 6. The number of aliphatic hydroxyl groups excluding tert-OH is 1. The van der Waals surface area contributed by atoms with E-state index in [-0.39, 0.29) is 11.6 Å². The molecule has 2 aliphatic rings. The number of imide groups is 1. The third kappa shape index (κ3) is 4.36. The predicted molar refractivity (Wildman–Crippen MR) is 143 cm³/mol. The van der Waals surface area contributed by atoms with Crippen molar-refractivity contribution in [3.8, 4) is 0 Å². The maximum atomic E-state index is 13.8. The second-order valence-electron chi connectivity index (χ2n) is 9.77. The van der Waals surface area contributed by atoms with Gasteiger partial charge in [-0.2, -0.15) is 0 Å². The molecule has 0 aliphatic carbocycles. The van der Waals surface area contributed by atoms with Gasteiger partial charge in [0.05, 0.1) is 22.6 Å². The second kappa shape index (κ2) is 9.85. The number of aliphatic hydroxyl groups is 1. The number of amides is 2. The minimum atomic E-state index is -1.02. The Morgan fingerprint density at radius 1 is 0.921 bits per heavy atom. The normalized spacial score (nSPS) is 21.9. The van der Waals surface area contributed by atoms with Gasteiger partial charge in [-0.05, 0) is 61.7 Å². The fourth-order valence-electron chi connectivity index (χ4n) is 5.54. The number of carbonyl (C=O) groups excluding carboxylic acids is 2. The predicted octanol–water partition coefficient (Wildman–Crippen LogP) is 4.38. The maximum absolute atomic E-state index is 13.8. The Morgan fingerprint density at radius 3 is 2.16 bits per heavy atom. The smallest absolute Gasteiger partial charge is 0.269 e. The van der Waals surface area contributed by atoms with Crippen LogP contribution in [0.3, 0.4) is 0 Å². The van der Waals surface area contributed by atoms with Gasteiger partial charge in [-0.25, -0.2) is 9.91 Å². The summed E-state index contributed by atoms with van der Waals surface area (Å²) in [6.45, 7) is 5.86. The van der Waals surface area contributed by atoms with Gasteiger partial charge in [0.15, 0.2) is 0 Å². The molecule has 3 aromatic rings. The van der Waals surface area contributed by atoms with Gasteiger partial charge < -0.3 is 10.5 Å². The van der Waals surface area contributed by atoms with Crippen LogP contribution in [0.1, 0.15) is 28.4 Å². The molecule has 9 heteroatoms. The van der Waals surface area contributed by atoms with Crippen molar-refractivity contribution < 1.29 is 19.6 Å². The summed E-state index contributed by atoms with van der Waals surface area (Å²) >= 11 is 0. The van der Waals surface area contributed by atoms with Crippen LogP contribution in [0.25, 0.3) is 0 Å². The quantitative estimate of drug-likeness (QED) is 0.218. The maximum Gasteiger partial charge on any atom is 0.269 e. The minimum absolute atomic E-state index is 0.0724. The van der Waals surface area contributed by atoms with Gasteiger partial charge in [0, 0.05) is 17.8 Å². The molecule has 0 aromatic heterocycles. The molecule has 2 aliphatic heterocycles. The highest BCUT2D eigenvalue weighted by Gasteiger charge is 2.54. The summed E-state index contributed by atoms with van der Waals surface area (Å²) in [6.07, 6.45) is 2.43. The van der Waals surface area contributed by atoms with Crippen LogP contribution in [0.15, 0.2) is 78.9 Å². The molecule has 3 aromatic carbocycles. The number of anilines is 2. The van der Waals surface area contributed by atoms with Crippen molar-refractivity contribution in [2.75, 3.05) is 10.3 Å². The number of benzene rings is 3. The van der Waals surface area contributed by atoms with Crippen molar-refractivity contribution in [3.05, 3.63) is 111 Å². The van der Waals surface area contributed by atoms with Gasteiger partial charge in [0.2, 0.25) is 5.91 Å². The molecule has 5 rings (SSSR count). The van der Waals surface area contributed by atoms with Crippen molar-refractivity contribution in [1.82, 2.24) is 5.01 Å². The Kier molecular flexibility index (Phi) is 6.56. The molecule has 9 nitrogen and oxygen atoms in total. The third-order valence-electron chi connectivity index (χ3n) is 7.16. The zero-order valence-corrected chi connectivity index (χ0v) is 21.2. The highest BCUT2D eigenvalue weighted by Crippen LogP contribution is 2.39. The van der Waals surface area contributed by atoms with Crippen molar-refractivity contribution in [2.24, 2.45) is 5.92 Å². The van der Waals surface area contributed by atoms with Gasteiger partial charge in [0.25, 0.3) is 11.6 Å². The second-order valence-corrected chi connectivity index (χ2v) is 9.77. The molecule has 2 heterocycles. The van der Waals surface area contributed by atoms with E-state index in [2.05, 4.69) is 5.43 Å². The molecular formula is C29H28N4O5. The molecule has 38 heavy (non-hydrogen) atoms. The van der Waals surface area contributed by atoms with E-state index in [0.717, 1.165) is 22.3 Å². The molecule has 2 amide bonds. The van der Waals surface area contributed by atoms with E-state index in [9.17, 15) is 24.8 Å². The number of hydrogen-bond acceptors (Lipinski definition) is 7. The molecule has 4 atom stereocenters. The third-order valence-corrected chi connectivity index (χ3v) is 7.16. The Bertz CT molecular complexity index is 1410. The Balaban J connectivity index is 1.57. The molecule has 2 N–H and O–H groups in total. The summed E-state index contributed by atoms with van der Waals surface area (Å²) in [7, 11) is 0. The lowest BCUT2D eigenvalue weighted by atomic mass is 9.87. The first-order chi connectivity index (χ1) is 18.2. The lowest BCUT2D eigenvalue weighted by molar-refractivity contribution is -0.384. The highest BCUT2D eigenvalue weighted by atomic mass is 16.6. The molecule has 0 saturated carbocycles. The Morgan fingerprint density at radius 2 is 1.55 bits per heavy atom. The van der Waals surface area contributed by atoms with E-state index >= 15 is 0 Å². The van der Waals surface area contributed by atoms with E-state index < -0.39 is 34.9 Å². The number of nitro groups is 1. The Labute approximate surface area is 220 Å². The number of non-ortho nitro benzene ring substituents is 1. The van der Waals surface area contributed by atoms with Crippen molar-refractivity contribution in [1.29, 1.82) is 0 Å². The number of hydrogen-bond donors (Lipinski definition) is 2. The van der Waals surface area contributed by atoms with Crippen LogP contribution in [-0.4, -0.2) is 38.9 Å². The molecule has 194 valence electrons. The fourth-order valence-corrected chi connectivity index (χ4v) is 5.54. The van der Waals surface area contributed by atoms with Crippen molar-refractivity contribution in [3.63, 3.8) is 0 Å². The summed E-state index contributed by atoms with van der Waals surface area (Å²) in [4.78, 5) is 39.0. The van der Waals surface area contributed by atoms with Crippen LogP contribution in [0, 0.1) is 36.8 Å². The summed E-state index contributed by atoms with van der Waals surface area (Å²) in [5.74, 6) is -1.54. The number of carbonyl (C=O) groups is 2. The summed E-state index contributed by atoms with van der Waals surface area (Å²) < 4.78 is 0. The van der Waals surface area contributed by atoms with Crippen molar-refractivity contribution >= 4 is 28.9 Å². The van der Waals surface area contributed by atoms with Gasteiger partial charge in [-0.1, -0.05) is 48.0 Å². The minimum Gasteiger partial charge on any atom is -0.386 e. The van der Waals surface area contributed by atoms with E-state index in [1.807, 2.05) is 39.0 Å². The number of hydrazine groups is 1. The number of aryl methyl sites for hydroxylation is 3. The zero-order valence-electron chi connectivity index (χ0n) is 21.2. The van der Waals surface area contributed by atoms with Crippen LogP contribution >= 0.6 is 0 Å². The number of nitrogens with one attached hydrogen (secondary N) is 1. The Hall–Kier alpha value is -4.34. The van der Waals surface area contributed by atoms with E-state index in [4.69, 9.17) is 0 Å². The average molecular weight is 513 g/mol. The highest BCUT2D eigenvalue weighted by molar-refractivity contribution is 6.24. The number of fused-ring (bicyclic) bond motifs is 1. The van der Waals surface area contributed by atoms with Crippen molar-refractivity contribution in [2.45, 2.75) is 39.0 Å². The SMILES string of the molecule is Cc1cc(C)c(C(O)C2C=CC3C(=O)N(c4ccccc4)C(=O)C3N2Nc2ccc([N+](=O)[O-])cc2)c(C)c1. The number of nitro benzene ring substituents is 1. The van der Waals surface area contributed by atoms with Crippen LogP contribution in [0.2, 0.25) is 0 Å². The molecule has 0 radical (unpaired) electrons. The van der Waals surface area contributed by atoms with Crippen LogP contribution in [0.4, 0.5) is 17.1 Å². The molecule has 1 fully saturated rings. The first kappa shape index (κ1) is 25.3. The summed E-state index contributed by atoms with van der Waals surface area (Å²) in [6, 6.07) is 16.9. The first-order valence-corrected chi connectivity index (χ1v) is 12.3. The molecule has 4 unspecified atom stereocenters. The standard InChI is InChI=1S/C29H28N4O5/c1-17-15-18(2)25(19(3)16-17)27(34)24-14-13-23-26(29(36)31(28(23)35)21-7-5-4-6-8-21)32(24)30-20-9-11-22(12-10-20)33(37)38/h4-16,23-24,26-27,30,34H,1-3H3. The van der Waals surface area contributed by atoms with E-state index in [1.165, 1.54) is 29.2 Å². The molecule has 0 bridgehead atoms. The van der Waals surface area contributed by atoms with Gasteiger partial charge in [0.1, 0.15) is 12.1 Å². The topological polar surface area (TPSA) is 116 Å². The fraction of sp³-hybridized carbons (Fsp3) is 0.241. The number of nitrogens with zero attached hydrogens (tertiary/aromatic N) is 3. The lowest BCUT2D eigenvalue weighted by Crippen LogP contribution is -2.55. The lowest BCUT2D eigenvalue weighted by Gasteiger charge is -2.41. The van der Waals surface area contributed by atoms with E-state index in [1.54, 1.807) is 41.4 Å². The largest absolute Gasteiger partial charge is 0.386 e. The summed E-state index contributed by atoms with van der Waals surface area (Å²) in [5, 5.41) is 24.4. The van der Waals surface area contributed by atoms with Crippen LogP contribution < -0.4 is 10.3 Å². The summed E-state index contributed by atoms with van der Waals surface area (Å²) in [5.41, 5.74) is 7.73. The molecular weight excluding hydrogens is 484 g/mol. The van der Waals surface area contributed by atoms with Gasteiger partial charge in [-0.3, -0.25) is 19.7 Å². The number of para-hydroxylation sites is 1. The van der Waals surface area contributed by atoms with Gasteiger partial charge in [-0.15, -0.1) is 0 Å². The first-order valence-electron chi connectivity index (χ1n) is 12.3. The van der Waals surface area contributed by atoms with E-state index in [0.29, 0.717) is 11.4 Å². The van der Waals surface area contributed by atoms with Crippen LogP contribution in [0.5, 0.6) is 0 Å². The van der Waals surface area contributed by atoms with Crippen LogP contribution in [-0.2, 0) is 9.59 Å².